The van der Waals surface area contributed by atoms with Crippen molar-refractivity contribution in [1.82, 2.24) is 4.90 Å². The van der Waals surface area contributed by atoms with Crippen LogP contribution in [0.3, 0.4) is 0 Å². The van der Waals surface area contributed by atoms with Gasteiger partial charge in [0.25, 0.3) is 5.91 Å². The third-order valence-electron chi connectivity index (χ3n) is 3.15. The Kier molecular flexibility index (Phi) is 1.91. The van der Waals surface area contributed by atoms with Crippen molar-refractivity contribution in [2.45, 2.75) is 25.5 Å². The van der Waals surface area contributed by atoms with Crippen LogP contribution in [0.15, 0.2) is 36.3 Å². The number of nitrogens with zero attached hydrogens (tertiary/aromatic N) is 1. The molecule has 1 amide bonds. The molecule has 2 unspecified atom stereocenters. The summed E-state index contributed by atoms with van der Waals surface area (Å²) in [5.41, 5.74) is 0.893. The van der Waals surface area contributed by atoms with Gasteiger partial charge in [0.2, 0.25) is 0 Å². The highest BCUT2D eigenvalue weighted by Gasteiger charge is 2.38. The lowest BCUT2D eigenvalue weighted by atomic mass is 9.94. The average molecular weight is 203 g/mol. The maximum Gasteiger partial charge on any atom is 0.254 e. The van der Waals surface area contributed by atoms with Crippen LogP contribution in [0.4, 0.5) is 0 Å². The Labute approximate surface area is 88.7 Å². The Morgan fingerprint density at radius 1 is 1.40 bits per heavy atom. The summed E-state index contributed by atoms with van der Waals surface area (Å²) in [4.78, 5) is 13.4. The van der Waals surface area contributed by atoms with Crippen LogP contribution >= 0.6 is 0 Å². The molecule has 0 saturated carbocycles. The molecule has 0 aromatic heterocycles. The van der Waals surface area contributed by atoms with Crippen molar-refractivity contribution in [3.8, 4) is 0 Å². The summed E-state index contributed by atoms with van der Waals surface area (Å²) < 4.78 is 5.57. The van der Waals surface area contributed by atoms with Crippen LogP contribution in [0.5, 0.6) is 0 Å². The molecule has 0 fully saturated rings. The molecule has 0 radical (unpaired) electrons. The van der Waals surface area contributed by atoms with E-state index in [0.29, 0.717) is 5.92 Å². The summed E-state index contributed by atoms with van der Waals surface area (Å²) in [6.07, 6.45) is 12.8. The van der Waals surface area contributed by atoms with Gasteiger partial charge in [-0.3, -0.25) is 9.69 Å². The van der Waals surface area contributed by atoms with Crippen LogP contribution in [0, 0.1) is 5.92 Å². The molecule has 78 valence electrons. The standard InChI is InChI=1S/C12H13NO2/c14-11-7-6-10-8-15-12(13(10)11)9-4-2-1-3-5-9/h2,4,6-9,12H,1,3,5H2. The van der Waals surface area contributed by atoms with E-state index in [-0.39, 0.29) is 12.1 Å². The Balaban J connectivity index is 1.82. The van der Waals surface area contributed by atoms with E-state index >= 15 is 0 Å². The fourth-order valence-corrected chi connectivity index (χ4v) is 2.38. The minimum absolute atomic E-state index is 0.0442. The van der Waals surface area contributed by atoms with Crippen molar-refractivity contribution in [2.24, 2.45) is 5.92 Å². The molecule has 2 atom stereocenters. The first kappa shape index (κ1) is 8.77. The van der Waals surface area contributed by atoms with E-state index < -0.39 is 0 Å². The molecule has 3 rings (SSSR count). The Bertz CT molecular complexity index is 381. The highest BCUT2D eigenvalue weighted by Crippen LogP contribution is 2.33. The van der Waals surface area contributed by atoms with E-state index in [9.17, 15) is 4.79 Å². The molecule has 1 aliphatic carbocycles. The lowest BCUT2D eigenvalue weighted by Gasteiger charge is -2.28. The fraction of sp³-hybridized carbons (Fsp3) is 0.417. The number of amides is 1. The fourth-order valence-electron chi connectivity index (χ4n) is 2.38. The average Bonchev–Trinajstić information content (AvgIpc) is 2.84. The van der Waals surface area contributed by atoms with Crippen LogP contribution in [-0.2, 0) is 9.53 Å². The minimum atomic E-state index is -0.112. The van der Waals surface area contributed by atoms with Gasteiger partial charge in [-0.15, -0.1) is 0 Å². The maximum atomic E-state index is 11.6. The van der Waals surface area contributed by atoms with Crippen molar-refractivity contribution >= 4 is 5.91 Å². The molecule has 3 heteroatoms. The molecule has 3 aliphatic rings. The van der Waals surface area contributed by atoms with Gasteiger partial charge in [0, 0.05) is 12.0 Å². The van der Waals surface area contributed by atoms with Gasteiger partial charge in [-0.2, -0.15) is 0 Å². The van der Waals surface area contributed by atoms with Crippen LogP contribution in [-0.4, -0.2) is 17.0 Å². The van der Waals surface area contributed by atoms with Gasteiger partial charge in [0.05, 0.1) is 5.70 Å². The third-order valence-corrected chi connectivity index (χ3v) is 3.15. The van der Waals surface area contributed by atoms with Crippen molar-refractivity contribution in [1.29, 1.82) is 0 Å². The maximum absolute atomic E-state index is 11.6. The van der Waals surface area contributed by atoms with E-state index in [1.165, 1.54) is 6.42 Å². The number of hydrogen-bond donors (Lipinski definition) is 0. The number of carbonyl (C=O) groups excluding carboxylic acids is 1. The summed E-state index contributed by atoms with van der Waals surface area (Å²) in [5, 5.41) is 0. The smallest absolute Gasteiger partial charge is 0.254 e. The number of fused-ring (bicyclic) bond motifs is 1. The number of allylic oxidation sites excluding steroid dienone is 2. The normalized spacial score (nSPS) is 32.9. The van der Waals surface area contributed by atoms with Gasteiger partial charge >= 0.3 is 0 Å². The minimum Gasteiger partial charge on any atom is -0.475 e. The molecule has 0 spiro atoms. The lowest BCUT2D eigenvalue weighted by molar-refractivity contribution is -0.130. The molecule has 0 N–H and O–H groups in total. The van der Waals surface area contributed by atoms with Crippen molar-refractivity contribution < 1.29 is 9.53 Å². The molecule has 2 aliphatic heterocycles. The zero-order valence-electron chi connectivity index (χ0n) is 8.43. The van der Waals surface area contributed by atoms with Crippen LogP contribution < -0.4 is 0 Å². The topological polar surface area (TPSA) is 29.5 Å². The zero-order chi connectivity index (χ0) is 10.3. The second kappa shape index (κ2) is 3.26. The first-order valence-corrected chi connectivity index (χ1v) is 5.40. The SMILES string of the molecule is O=C1C=CC2=COC(C3C=CCCC3)N12. The highest BCUT2D eigenvalue weighted by molar-refractivity contribution is 5.93. The molecule has 0 aromatic carbocycles. The summed E-state index contributed by atoms with van der Waals surface area (Å²) in [5.74, 6) is 0.388. The first-order valence-electron chi connectivity index (χ1n) is 5.40. The summed E-state index contributed by atoms with van der Waals surface area (Å²) >= 11 is 0. The molecule has 3 nitrogen and oxygen atoms in total. The molecule has 0 aromatic rings. The van der Waals surface area contributed by atoms with Crippen molar-refractivity contribution in [3.05, 3.63) is 36.3 Å². The molecular weight excluding hydrogens is 190 g/mol. The first-order chi connectivity index (χ1) is 7.36. The van der Waals surface area contributed by atoms with Gasteiger partial charge < -0.3 is 4.74 Å². The van der Waals surface area contributed by atoms with E-state index in [4.69, 9.17) is 4.74 Å². The van der Waals surface area contributed by atoms with Gasteiger partial charge in [-0.05, 0) is 25.3 Å². The number of ether oxygens (including phenoxy) is 1. The summed E-state index contributed by atoms with van der Waals surface area (Å²) in [6, 6.07) is 0. The molecular formula is C12H13NO2. The number of hydrogen-bond acceptors (Lipinski definition) is 2. The van der Waals surface area contributed by atoms with E-state index in [1.54, 1.807) is 17.2 Å². The molecule has 15 heavy (non-hydrogen) atoms. The lowest BCUT2D eigenvalue weighted by Crippen LogP contribution is -2.38. The predicted molar refractivity (Wildman–Crippen MR) is 55.4 cm³/mol. The van der Waals surface area contributed by atoms with E-state index in [1.807, 2.05) is 6.08 Å². The zero-order valence-corrected chi connectivity index (χ0v) is 8.43. The summed E-state index contributed by atoms with van der Waals surface area (Å²) in [6.45, 7) is 0. The van der Waals surface area contributed by atoms with Crippen molar-refractivity contribution in [3.63, 3.8) is 0 Å². The number of rotatable bonds is 1. The van der Waals surface area contributed by atoms with Gasteiger partial charge in [0.15, 0.2) is 6.23 Å². The van der Waals surface area contributed by atoms with Gasteiger partial charge in [0.1, 0.15) is 6.26 Å². The predicted octanol–water partition coefficient (Wildman–Crippen LogP) is 1.94. The molecule has 2 heterocycles. The Morgan fingerprint density at radius 2 is 2.33 bits per heavy atom. The Morgan fingerprint density at radius 3 is 3.13 bits per heavy atom. The van der Waals surface area contributed by atoms with Crippen LogP contribution in [0.2, 0.25) is 0 Å². The molecule has 0 saturated heterocycles. The van der Waals surface area contributed by atoms with Crippen molar-refractivity contribution in [2.75, 3.05) is 0 Å². The second-order valence-corrected chi connectivity index (χ2v) is 4.13. The third kappa shape index (κ3) is 1.30. The van der Waals surface area contributed by atoms with Crippen LogP contribution in [0.25, 0.3) is 0 Å². The largest absolute Gasteiger partial charge is 0.475 e. The van der Waals surface area contributed by atoms with E-state index in [2.05, 4.69) is 12.2 Å². The quantitative estimate of drug-likeness (QED) is 0.609. The summed E-state index contributed by atoms with van der Waals surface area (Å²) in [7, 11) is 0. The number of carbonyl (C=O) groups is 1. The monoisotopic (exact) mass is 203 g/mol. The second-order valence-electron chi connectivity index (χ2n) is 4.13. The highest BCUT2D eigenvalue weighted by atomic mass is 16.5. The van der Waals surface area contributed by atoms with E-state index in [0.717, 1.165) is 18.5 Å². The molecule has 0 bridgehead atoms. The van der Waals surface area contributed by atoms with Crippen LogP contribution in [0.1, 0.15) is 19.3 Å². The van der Waals surface area contributed by atoms with Gasteiger partial charge in [-0.25, -0.2) is 0 Å². The Hall–Kier alpha value is -1.51. The van der Waals surface area contributed by atoms with Gasteiger partial charge in [-0.1, -0.05) is 12.2 Å².